The molecule has 0 radical (unpaired) electrons. The summed E-state index contributed by atoms with van der Waals surface area (Å²) in [5.74, 6) is -0.765. The molecule has 11 heteroatoms. The van der Waals surface area contributed by atoms with Gasteiger partial charge in [-0.1, -0.05) is 47.7 Å². The molecule has 0 spiro atoms. The summed E-state index contributed by atoms with van der Waals surface area (Å²) in [6, 6.07) is 14.9. The van der Waals surface area contributed by atoms with Crippen LogP contribution in [0.3, 0.4) is 0 Å². The van der Waals surface area contributed by atoms with Gasteiger partial charge in [0.25, 0.3) is 5.56 Å². The van der Waals surface area contributed by atoms with Crippen molar-refractivity contribution in [3.63, 3.8) is 0 Å². The first-order valence-corrected chi connectivity index (χ1v) is 12.0. The molecule has 3 heterocycles. The maximum absolute atomic E-state index is 14.2. The molecule has 170 valence electrons. The first kappa shape index (κ1) is 21.4. The molecule has 1 atom stereocenters. The predicted octanol–water partition coefficient (Wildman–Crippen LogP) is 2.27. The van der Waals surface area contributed by atoms with E-state index in [1.807, 2.05) is 30.3 Å². The standard InChI is InChI=1S/C22H21FN6O3S/c23-17-10-4-5-11-18(17)33(31,32)28-12-6-9-16(14-28)20-24-21-19(22(30)25-20)26-27-29(21)13-15-7-2-1-3-8-15/h1-5,7-8,10-11,16H,6,9,12-14H2,(H,24,25,30)/t16-/m0/s1. The molecular formula is C22H21FN6O3S. The van der Waals surface area contributed by atoms with Crippen LogP contribution in [0.25, 0.3) is 11.2 Å². The summed E-state index contributed by atoms with van der Waals surface area (Å²) in [7, 11) is -4.02. The van der Waals surface area contributed by atoms with E-state index in [2.05, 4.69) is 20.3 Å². The molecule has 9 nitrogen and oxygen atoms in total. The van der Waals surface area contributed by atoms with Crippen molar-refractivity contribution in [1.29, 1.82) is 0 Å². The second kappa shape index (κ2) is 8.49. The second-order valence-corrected chi connectivity index (χ2v) is 9.90. The molecule has 4 aromatic rings. The van der Waals surface area contributed by atoms with Crippen molar-refractivity contribution >= 4 is 21.2 Å². The summed E-state index contributed by atoms with van der Waals surface area (Å²) in [6.45, 7) is 0.754. The Morgan fingerprint density at radius 3 is 2.64 bits per heavy atom. The number of rotatable bonds is 5. The molecule has 2 aromatic heterocycles. The fourth-order valence-electron chi connectivity index (χ4n) is 4.12. The molecule has 0 bridgehead atoms. The number of piperidine rings is 1. The van der Waals surface area contributed by atoms with E-state index in [-0.39, 0.29) is 29.4 Å². The van der Waals surface area contributed by atoms with Crippen LogP contribution in [0.15, 0.2) is 64.3 Å². The highest BCUT2D eigenvalue weighted by atomic mass is 32.2. The lowest BCUT2D eigenvalue weighted by Gasteiger charge is -2.31. The highest BCUT2D eigenvalue weighted by Crippen LogP contribution is 2.29. The lowest BCUT2D eigenvalue weighted by atomic mass is 9.99. The molecule has 2 aromatic carbocycles. The van der Waals surface area contributed by atoms with Crippen molar-refractivity contribution in [3.8, 4) is 0 Å². The van der Waals surface area contributed by atoms with E-state index in [1.54, 1.807) is 4.68 Å². The van der Waals surface area contributed by atoms with Crippen LogP contribution >= 0.6 is 0 Å². The molecule has 1 aliphatic rings. The van der Waals surface area contributed by atoms with Gasteiger partial charge < -0.3 is 4.98 Å². The Labute approximate surface area is 188 Å². The van der Waals surface area contributed by atoms with Crippen molar-refractivity contribution in [2.45, 2.75) is 30.2 Å². The van der Waals surface area contributed by atoms with Gasteiger partial charge in [-0.2, -0.15) is 4.31 Å². The van der Waals surface area contributed by atoms with Crippen molar-refractivity contribution < 1.29 is 12.8 Å². The van der Waals surface area contributed by atoms with Gasteiger partial charge in [0.05, 0.1) is 6.54 Å². The number of sulfonamides is 1. The summed E-state index contributed by atoms with van der Waals surface area (Å²) in [5.41, 5.74) is 1.02. The minimum Gasteiger partial charge on any atom is -0.308 e. The van der Waals surface area contributed by atoms with E-state index in [0.717, 1.165) is 11.6 Å². The zero-order chi connectivity index (χ0) is 23.0. The minimum atomic E-state index is -4.02. The van der Waals surface area contributed by atoms with Crippen LogP contribution in [-0.4, -0.2) is 50.8 Å². The van der Waals surface area contributed by atoms with Crippen LogP contribution in [0.1, 0.15) is 30.1 Å². The van der Waals surface area contributed by atoms with Crippen molar-refractivity contribution in [3.05, 3.63) is 82.2 Å². The van der Waals surface area contributed by atoms with Gasteiger partial charge in [-0.3, -0.25) is 4.79 Å². The number of nitrogens with one attached hydrogen (secondary N) is 1. The molecule has 33 heavy (non-hydrogen) atoms. The van der Waals surface area contributed by atoms with Crippen LogP contribution in [0.5, 0.6) is 0 Å². The third-order valence-electron chi connectivity index (χ3n) is 5.79. The van der Waals surface area contributed by atoms with Crippen molar-refractivity contribution in [1.82, 2.24) is 29.3 Å². The van der Waals surface area contributed by atoms with E-state index < -0.39 is 21.4 Å². The Hall–Kier alpha value is -3.44. The predicted molar refractivity (Wildman–Crippen MR) is 119 cm³/mol. The van der Waals surface area contributed by atoms with Gasteiger partial charge in [0.2, 0.25) is 10.0 Å². The maximum atomic E-state index is 14.2. The summed E-state index contributed by atoms with van der Waals surface area (Å²) in [5, 5.41) is 8.04. The minimum absolute atomic E-state index is 0.0887. The number of H-pyrrole nitrogens is 1. The summed E-state index contributed by atoms with van der Waals surface area (Å²) in [4.78, 5) is 19.7. The molecule has 1 fully saturated rings. The quantitative estimate of drug-likeness (QED) is 0.481. The number of nitrogens with zero attached hydrogens (tertiary/aromatic N) is 5. The number of halogens is 1. The van der Waals surface area contributed by atoms with E-state index >= 15 is 0 Å². The number of fused-ring (bicyclic) bond motifs is 1. The average molecular weight is 469 g/mol. The molecule has 1 saturated heterocycles. The van der Waals surface area contributed by atoms with Crippen LogP contribution < -0.4 is 5.56 Å². The zero-order valence-electron chi connectivity index (χ0n) is 17.6. The Kier molecular flexibility index (Phi) is 5.51. The highest BCUT2D eigenvalue weighted by molar-refractivity contribution is 7.89. The largest absolute Gasteiger partial charge is 0.308 e. The normalized spacial score (nSPS) is 17.4. The van der Waals surface area contributed by atoms with Crippen LogP contribution in [0.2, 0.25) is 0 Å². The summed E-state index contributed by atoms with van der Waals surface area (Å²) in [6.07, 6.45) is 1.19. The molecule has 0 amide bonds. The fourth-order valence-corrected chi connectivity index (χ4v) is 5.71. The SMILES string of the molecule is O=c1[nH]c([C@H]2CCCN(S(=O)(=O)c3ccccc3F)C2)nc2c1nnn2Cc1ccccc1. The lowest BCUT2D eigenvalue weighted by Crippen LogP contribution is -2.40. The smallest absolute Gasteiger partial charge is 0.281 e. The van der Waals surface area contributed by atoms with Gasteiger partial charge in [-0.25, -0.2) is 22.5 Å². The Morgan fingerprint density at radius 2 is 1.85 bits per heavy atom. The van der Waals surface area contributed by atoms with Gasteiger partial charge in [0, 0.05) is 19.0 Å². The van der Waals surface area contributed by atoms with Crippen LogP contribution in [0, 0.1) is 5.82 Å². The molecule has 0 unspecified atom stereocenters. The third kappa shape index (κ3) is 4.05. The van der Waals surface area contributed by atoms with Gasteiger partial charge in [0.15, 0.2) is 11.2 Å². The Morgan fingerprint density at radius 1 is 1.09 bits per heavy atom. The Bertz CT molecular complexity index is 1470. The fraction of sp³-hybridized carbons (Fsp3) is 0.273. The van der Waals surface area contributed by atoms with Gasteiger partial charge >= 0.3 is 0 Å². The Balaban J connectivity index is 1.47. The van der Waals surface area contributed by atoms with E-state index in [1.165, 1.54) is 22.5 Å². The van der Waals surface area contributed by atoms with Gasteiger partial charge in [-0.05, 0) is 30.5 Å². The maximum Gasteiger partial charge on any atom is 0.281 e. The number of aromatic nitrogens is 5. The van der Waals surface area contributed by atoms with Crippen LogP contribution in [0.4, 0.5) is 4.39 Å². The van der Waals surface area contributed by atoms with E-state index in [9.17, 15) is 17.6 Å². The number of aromatic amines is 1. The van der Waals surface area contributed by atoms with Crippen molar-refractivity contribution in [2.75, 3.05) is 13.1 Å². The number of benzene rings is 2. The van der Waals surface area contributed by atoms with Crippen molar-refractivity contribution in [2.24, 2.45) is 0 Å². The highest BCUT2D eigenvalue weighted by Gasteiger charge is 2.33. The molecule has 0 saturated carbocycles. The molecule has 1 N–H and O–H groups in total. The first-order valence-electron chi connectivity index (χ1n) is 10.6. The topological polar surface area (TPSA) is 114 Å². The second-order valence-electron chi connectivity index (χ2n) is 7.99. The van der Waals surface area contributed by atoms with Gasteiger partial charge in [0.1, 0.15) is 16.5 Å². The lowest BCUT2D eigenvalue weighted by molar-refractivity contribution is 0.308. The van der Waals surface area contributed by atoms with E-state index in [4.69, 9.17) is 0 Å². The molecular weight excluding hydrogens is 447 g/mol. The first-order chi connectivity index (χ1) is 15.9. The zero-order valence-corrected chi connectivity index (χ0v) is 18.4. The monoisotopic (exact) mass is 468 g/mol. The van der Waals surface area contributed by atoms with Crippen LogP contribution in [-0.2, 0) is 16.6 Å². The molecule has 5 rings (SSSR count). The number of hydrogen-bond donors (Lipinski definition) is 1. The molecule has 0 aliphatic carbocycles. The number of hydrogen-bond acceptors (Lipinski definition) is 6. The summed E-state index contributed by atoms with van der Waals surface area (Å²) < 4.78 is 43.1. The average Bonchev–Trinajstić information content (AvgIpc) is 3.23. The summed E-state index contributed by atoms with van der Waals surface area (Å²) >= 11 is 0. The van der Waals surface area contributed by atoms with E-state index in [0.29, 0.717) is 30.9 Å². The third-order valence-corrected chi connectivity index (χ3v) is 7.69. The van der Waals surface area contributed by atoms with Gasteiger partial charge in [-0.15, -0.1) is 5.10 Å². The molecule has 1 aliphatic heterocycles.